The molecule has 0 radical (unpaired) electrons. The Morgan fingerprint density at radius 2 is 1.42 bits per heavy atom. The number of carbonyl (C=O) groups excluding carboxylic acids is 1. The van der Waals surface area contributed by atoms with E-state index in [4.69, 9.17) is 0 Å². The predicted octanol–water partition coefficient (Wildman–Crippen LogP) is 2.99. The maximum atomic E-state index is 13.1. The zero-order chi connectivity index (χ0) is 16.5. The molecule has 2 aliphatic rings. The van der Waals surface area contributed by atoms with E-state index in [2.05, 4.69) is 21.9 Å². The van der Waals surface area contributed by atoms with Crippen molar-refractivity contribution in [3.8, 4) is 0 Å². The third kappa shape index (κ3) is 2.59. The molecule has 2 bridgehead atoms. The van der Waals surface area contributed by atoms with Gasteiger partial charge < -0.3 is 0 Å². The summed E-state index contributed by atoms with van der Waals surface area (Å²) in [7, 11) is 2.10. The highest BCUT2D eigenvalue weighted by atomic mass is 16.1. The van der Waals surface area contributed by atoms with Crippen LogP contribution in [0.15, 0.2) is 59.9 Å². The molecule has 4 nitrogen and oxygen atoms in total. The van der Waals surface area contributed by atoms with Crippen molar-refractivity contribution < 1.29 is 4.79 Å². The van der Waals surface area contributed by atoms with Crippen LogP contribution in [-0.2, 0) is 4.79 Å². The van der Waals surface area contributed by atoms with Gasteiger partial charge in [-0.3, -0.25) is 19.7 Å². The van der Waals surface area contributed by atoms with E-state index in [1.807, 2.05) is 48.6 Å². The highest BCUT2D eigenvalue weighted by molar-refractivity contribution is 6.16. The molecule has 2 aromatic heterocycles. The van der Waals surface area contributed by atoms with Crippen LogP contribution in [0.1, 0.15) is 24.2 Å². The fourth-order valence-corrected chi connectivity index (χ4v) is 3.72. The number of hydrogen-bond donors (Lipinski definition) is 0. The molecule has 0 aliphatic carbocycles. The molecule has 2 fully saturated rings. The Balaban J connectivity index is 1.78. The maximum Gasteiger partial charge on any atom is 0.188 e. The Morgan fingerprint density at radius 3 is 1.83 bits per heavy atom. The highest BCUT2D eigenvalue weighted by Gasteiger charge is 2.44. The Kier molecular flexibility index (Phi) is 3.82. The lowest BCUT2D eigenvalue weighted by Gasteiger charge is -2.34. The molecule has 4 heterocycles. The van der Waals surface area contributed by atoms with Crippen molar-refractivity contribution in [3.05, 3.63) is 71.3 Å². The second-order valence-corrected chi connectivity index (χ2v) is 6.31. The number of ketones is 1. The molecule has 0 spiro atoms. The molecule has 0 saturated carbocycles. The van der Waals surface area contributed by atoms with Crippen molar-refractivity contribution in [2.75, 3.05) is 7.05 Å². The SMILES string of the molecule is CN1[C@@H]2CC[C@H]1C(=Cc1ccccn1)C(=O)/C2=C\c1ccccn1. The van der Waals surface area contributed by atoms with Crippen LogP contribution in [0.5, 0.6) is 0 Å². The molecule has 0 unspecified atom stereocenters. The van der Waals surface area contributed by atoms with Crippen molar-refractivity contribution in [2.45, 2.75) is 24.9 Å². The Morgan fingerprint density at radius 1 is 0.917 bits per heavy atom. The average Bonchev–Trinajstić information content (AvgIpc) is 2.93. The van der Waals surface area contributed by atoms with Crippen LogP contribution in [-0.4, -0.2) is 39.8 Å². The first-order valence-electron chi connectivity index (χ1n) is 8.26. The van der Waals surface area contributed by atoms with Gasteiger partial charge in [-0.15, -0.1) is 0 Å². The van der Waals surface area contributed by atoms with Crippen molar-refractivity contribution in [1.29, 1.82) is 0 Å². The molecule has 2 atom stereocenters. The smallest absolute Gasteiger partial charge is 0.188 e. The Hall–Kier alpha value is -2.59. The van der Waals surface area contributed by atoms with Gasteiger partial charge >= 0.3 is 0 Å². The first-order valence-corrected chi connectivity index (χ1v) is 8.26. The lowest BCUT2D eigenvalue weighted by atomic mass is 9.89. The van der Waals surface area contributed by atoms with Crippen molar-refractivity contribution in [2.24, 2.45) is 0 Å². The van der Waals surface area contributed by atoms with E-state index in [9.17, 15) is 4.79 Å². The third-order valence-electron chi connectivity index (χ3n) is 4.92. The molecule has 0 amide bonds. The fraction of sp³-hybridized carbons (Fsp3) is 0.250. The van der Waals surface area contributed by atoms with E-state index in [-0.39, 0.29) is 17.9 Å². The number of nitrogens with zero attached hydrogens (tertiary/aromatic N) is 3. The first kappa shape index (κ1) is 15.0. The zero-order valence-corrected chi connectivity index (χ0v) is 13.6. The number of Topliss-reactive ketones (excluding diaryl/α,β-unsaturated/α-hetero) is 1. The second kappa shape index (κ2) is 6.13. The normalized spacial score (nSPS) is 27.1. The number of piperidine rings is 1. The van der Waals surface area contributed by atoms with E-state index in [0.717, 1.165) is 35.4 Å². The summed E-state index contributed by atoms with van der Waals surface area (Å²) in [5, 5.41) is 0. The Labute approximate surface area is 141 Å². The molecule has 4 heteroatoms. The van der Waals surface area contributed by atoms with E-state index < -0.39 is 0 Å². The van der Waals surface area contributed by atoms with Crippen molar-refractivity contribution in [1.82, 2.24) is 14.9 Å². The minimum absolute atomic E-state index is 0.136. The van der Waals surface area contributed by atoms with Crippen molar-refractivity contribution in [3.63, 3.8) is 0 Å². The lowest BCUT2D eigenvalue weighted by molar-refractivity contribution is -0.114. The summed E-state index contributed by atoms with van der Waals surface area (Å²) in [6.07, 6.45) is 9.40. The minimum atomic E-state index is 0.136. The van der Waals surface area contributed by atoms with Gasteiger partial charge in [0.25, 0.3) is 0 Å². The number of fused-ring (bicyclic) bond motifs is 2. The van der Waals surface area contributed by atoms with E-state index in [1.165, 1.54) is 0 Å². The number of carbonyl (C=O) groups is 1. The van der Waals surface area contributed by atoms with Crippen LogP contribution >= 0.6 is 0 Å². The fourth-order valence-electron chi connectivity index (χ4n) is 3.72. The molecular formula is C20H19N3O. The number of likely N-dealkylation sites (N-methyl/N-ethyl adjacent to an activating group) is 1. The van der Waals surface area contributed by atoms with E-state index >= 15 is 0 Å². The largest absolute Gasteiger partial charge is 0.292 e. The topological polar surface area (TPSA) is 46.1 Å². The van der Waals surface area contributed by atoms with Gasteiger partial charge in [0.05, 0.1) is 11.4 Å². The molecular weight excluding hydrogens is 298 g/mol. The molecule has 4 rings (SSSR count). The second-order valence-electron chi connectivity index (χ2n) is 6.31. The number of aromatic nitrogens is 2. The average molecular weight is 317 g/mol. The highest BCUT2D eigenvalue weighted by Crippen LogP contribution is 2.40. The summed E-state index contributed by atoms with van der Waals surface area (Å²) in [6, 6.07) is 11.9. The van der Waals surface area contributed by atoms with Crippen LogP contribution in [0, 0.1) is 0 Å². The van der Waals surface area contributed by atoms with Crippen LogP contribution in [0.3, 0.4) is 0 Å². The van der Waals surface area contributed by atoms with Gasteiger partial charge in [0, 0.05) is 35.6 Å². The standard InChI is InChI=1S/C20H19N3O/c1-23-18-8-9-19(23)17(13-15-7-3-5-11-22-15)20(24)16(18)12-14-6-2-4-10-21-14/h2-7,10-13,18-19H,8-9H2,1H3/b16-12-,17-13?/t18-,19+/m1/s1. The van der Waals surface area contributed by atoms with E-state index in [0.29, 0.717) is 0 Å². The lowest BCUT2D eigenvalue weighted by Crippen LogP contribution is -2.43. The summed E-state index contributed by atoms with van der Waals surface area (Å²) in [5.41, 5.74) is 3.34. The zero-order valence-electron chi connectivity index (χ0n) is 13.6. The van der Waals surface area contributed by atoms with Crippen LogP contribution in [0.4, 0.5) is 0 Å². The van der Waals surface area contributed by atoms with Crippen molar-refractivity contribution >= 4 is 17.9 Å². The maximum absolute atomic E-state index is 13.1. The van der Waals surface area contributed by atoms with E-state index in [1.54, 1.807) is 12.4 Å². The van der Waals surface area contributed by atoms with Gasteiger partial charge in [0.2, 0.25) is 0 Å². The molecule has 0 aromatic carbocycles. The van der Waals surface area contributed by atoms with Gasteiger partial charge in [-0.2, -0.15) is 0 Å². The minimum Gasteiger partial charge on any atom is -0.292 e. The summed E-state index contributed by atoms with van der Waals surface area (Å²) >= 11 is 0. The summed E-state index contributed by atoms with van der Waals surface area (Å²) in [5.74, 6) is 0.136. The van der Waals surface area contributed by atoms with Crippen LogP contribution in [0.25, 0.3) is 12.2 Å². The monoisotopic (exact) mass is 317 g/mol. The van der Waals surface area contributed by atoms with Gasteiger partial charge in [-0.05, 0) is 56.3 Å². The molecule has 2 aromatic rings. The predicted molar refractivity (Wildman–Crippen MR) is 94.0 cm³/mol. The Bertz CT molecular complexity index is 744. The van der Waals surface area contributed by atoms with Gasteiger partial charge in [-0.1, -0.05) is 12.1 Å². The first-order chi connectivity index (χ1) is 11.7. The quantitative estimate of drug-likeness (QED) is 0.799. The molecule has 2 saturated heterocycles. The van der Waals surface area contributed by atoms with Crippen LogP contribution in [0.2, 0.25) is 0 Å². The number of rotatable bonds is 2. The number of hydrogen-bond acceptors (Lipinski definition) is 4. The van der Waals surface area contributed by atoms with Gasteiger partial charge in [-0.25, -0.2) is 0 Å². The third-order valence-corrected chi connectivity index (χ3v) is 4.92. The molecule has 120 valence electrons. The van der Waals surface area contributed by atoms with Gasteiger partial charge in [0.15, 0.2) is 5.78 Å². The summed E-state index contributed by atoms with van der Waals surface area (Å²) in [6.45, 7) is 0. The van der Waals surface area contributed by atoms with Gasteiger partial charge in [0.1, 0.15) is 0 Å². The summed E-state index contributed by atoms with van der Waals surface area (Å²) in [4.78, 5) is 24.1. The molecule has 0 N–H and O–H groups in total. The number of pyridine rings is 2. The molecule has 24 heavy (non-hydrogen) atoms. The molecule has 2 aliphatic heterocycles. The van der Waals surface area contributed by atoms with Crippen LogP contribution < -0.4 is 0 Å². The summed E-state index contributed by atoms with van der Waals surface area (Å²) < 4.78 is 0.